The van der Waals surface area contributed by atoms with E-state index in [-0.39, 0.29) is 11.4 Å². The van der Waals surface area contributed by atoms with Gasteiger partial charge in [-0.2, -0.15) is 0 Å². The fraction of sp³-hybridized carbons (Fsp3) is 0.250. The summed E-state index contributed by atoms with van der Waals surface area (Å²) >= 11 is 0. The lowest BCUT2D eigenvalue weighted by atomic mass is 10.2. The van der Waals surface area contributed by atoms with Crippen LogP contribution in [0.3, 0.4) is 0 Å². The van der Waals surface area contributed by atoms with Gasteiger partial charge in [-0.05, 0) is 55.8 Å². The summed E-state index contributed by atoms with van der Waals surface area (Å²) in [6, 6.07) is 11.1. The third kappa shape index (κ3) is 4.19. The molecule has 0 N–H and O–H groups in total. The van der Waals surface area contributed by atoms with Gasteiger partial charge in [0, 0.05) is 6.54 Å². The Bertz CT molecular complexity index is 802. The second-order valence-electron chi connectivity index (χ2n) is 5.03. The van der Waals surface area contributed by atoms with Crippen molar-refractivity contribution in [3.63, 3.8) is 0 Å². The van der Waals surface area contributed by atoms with E-state index in [1.807, 2.05) is 13.0 Å². The summed E-state index contributed by atoms with van der Waals surface area (Å²) in [5, 5.41) is 0. The largest absolute Gasteiger partial charge is 0.573 e. The Morgan fingerprint density at radius 3 is 2.21 bits per heavy atom. The van der Waals surface area contributed by atoms with Gasteiger partial charge < -0.3 is 4.74 Å². The third-order valence-corrected chi connectivity index (χ3v) is 5.14. The highest BCUT2D eigenvalue weighted by Gasteiger charge is 2.31. The fourth-order valence-corrected chi connectivity index (χ4v) is 3.68. The molecule has 0 unspecified atom stereocenters. The van der Waals surface area contributed by atoms with Crippen molar-refractivity contribution in [2.45, 2.75) is 25.1 Å². The molecule has 0 radical (unpaired) electrons. The van der Waals surface area contributed by atoms with Crippen LogP contribution in [0.4, 0.5) is 18.9 Å². The third-order valence-electron chi connectivity index (χ3n) is 3.22. The molecule has 0 saturated heterocycles. The molecule has 2 aromatic carbocycles. The molecule has 4 nitrogen and oxygen atoms in total. The molecule has 0 aliphatic carbocycles. The van der Waals surface area contributed by atoms with Gasteiger partial charge in [0.2, 0.25) is 0 Å². The van der Waals surface area contributed by atoms with Crippen molar-refractivity contribution < 1.29 is 26.3 Å². The molecule has 8 heteroatoms. The van der Waals surface area contributed by atoms with Crippen LogP contribution in [0.1, 0.15) is 12.5 Å². The van der Waals surface area contributed by atoms with Crippen molar-refractivity contribution in [1.82, 2.24) is 0 Å². The van der Waals surface area contributed by atoms with Crippen LogP contribution in [-0.4, -0.2) is 21.3 Å². The van der Waals surface area contributed by atoms with Gasteiger partial charge in [-0.15, -0.1) is 13.2 Å². The maximum atomic E-state index is 12.7. The zero-order chi connectivity index (χ0) is 18.0. The second kappa shape index (κ2) is 6.72. The van der Waals surface area contributed by atoms with Crippen LogP contribution < -0.4 is 9.04 Å². The number of aryl methyl sites for hydroxylation is 1. The van der Waals surface area contributed by atoms with Crippen molar-refractivity contribution in [2.75, 3.05) is 10.8 Å². The monoisotopic (exact) mass is 359 g/mol. The lowest BCUT2D eigenvalue weighted by Gasteiger charge is -2.23. The van der Waals surface area contributed by atoms with Crippen molar-refractivity contribution >= 4 is 15.7 Å². The highest BCUT2D eigenvalue weighted by atomic mass is 32.2. The summed E-state index contributed by atoms with van der Waals surface area (Å²) in [4.78, 5) is -0.111. The highest BCUT2D eigenvalue weighted by molar-refractivity contribution is 7.92. The van der Waals surface area contributed by atoms with E-state index >= 15 is 0 Å². The van der Waals surface area contributed by atoms with Crippen molar-refractivity contribution in [3.8, 4) is 5.75 Å². The first-order chi connectivity index (χ1) is 11.1. The topological polar surface area (TPSA) is 46.6 Å². The summed E-state index contributed by atoms with van der Waals surface area (Å²) in [7, 11) is -3.88. The molecule has 0 atom stereocenters. The predicted octanol–water partition coefficient (Wildman–Crippen LogP) is 4.11. The molecule has 2 aromatic rings. The van der Waals surface area contributed by atoms with Gasteiger partial charge in [0.25, 0.3) is 10.0 Å². The van der Waals surface area contributed by atoms with Gasteiger partial charge in [0.15, 0.2) is 0 Å². The maximum absolute atomic E-state index is 12.7. The number of anilines is 1. The predicted molar refractivity (Wildman–Crippen MR) is 84.5 cm³/mol. The molecule has 24 heavy (non-hydrogen) atoms. The normalized spacial score (nSPS) is 12.0. The Morgan fingerprint density at radius 1 is 1.08 bits per heavy atom. The van der Waals surface area contributed by atoms with Gasteiger partial charge in [0.05, 0.1) is 10.6 Å². The van der Waals surface area contributed by atoms with Crippen molar-refractivity contribution in [2.24, 2.45) is 0 Å². The number of sulfonamides is 1. The summed E-state index contributed by atoms with van der Waals surface area (Å²) in [5.41, 5.74) is 1.39. The van der Waals surface area contributed by atoms with Gasteiger partial charge in [-0.25, -0.2) is 8.42 Å². The molecule has 0 aliphatic heterocycles. The van der Waals surface area contributed by atoms with Crippen LogP contribution in [0.2, 0.25) is 0 Å². The molecule has 2 rings (SSSR count). The van der Waals surface area contributed by atoms with E-state index in [1.165, 1.54) is 4.31 Å². The zero-order valence-corrected chi connectivity index (χ0v) is 13.9. The number of rotatable bonds is 5. The van der Waals surface area contributed by atoms with Crippen LogP contribution >= 0.6 is 0 Å². The van der Waals surface area contributed by atoms with E-state index in [2.05, 4.69) is 4.74 Å². The smallest absolute Gasteiger partial charge is 0.406 e. The van der Waals surface area contributed by atoms with E-state index in [9.17, 15) is 21.6 Å². The summed E-state index contributed by atoms with van der Waals surface area (Å²) in [5.74, 6) is -0.472. The van der Waals surface area contributed by atoms with E-state index in [0.29, 0.717) is 5.69 Å². The fourth-order valence-electron chi connectivity index (χ4n) is 2.21. The van der Waals surface area contributed by atoms with Gasteiger partial charge in [-0.3, -0.25) is 4.31 Å². The van der Waals surface area contributed by atoms with Crippen LogP contribution in [0.5, 0.6) is 5.75 Å². The standard InChI is InChI=1S/C16H16F3NO3S/c1-3-20(13-6-4-5-12(2)11-13)24(21,22)15-9-7-14(8-10-15)23-16(17,18)19/h4-11H,3H2,1-2H3. The number of nitrogens with zero attached hydrogens (tertiary/aromatic N) is 1. The Labute approximate surface area is 138 Å². The zero-order valence-electron chi connectivity index (χ0n) is 13.0. The Balaban J connectivity index is 2.34. The molecule has 0 spiro atoms. The molecule has 0 saturated carbocycles. The Morgan fingerprint density at radius 2 is 1.71 bits per heavy atom. The lowest BCUT2D eigenvalue weighted by molar-refractivity contribution is -0.274. The minimum Gasteiger partial charge on any atom is -0.406 e. The molecule has 0 heterocycles. The number of halogens is 3. The first-order valence-electron chi connectivity index (χ1n) is 7.08. The van der Waals surface area contributed by atoms with Crippen LogP contribution in [0.25, 0.3) is 0 Å². The maximum Gasteiger partial charge on any atom is 0.573 e. The number of hydrogen-bond acceptors (Lipinski definition) is 3. The lowest BCUT2D eigenvalue weighted by Crippen LogP contribution is -2.30. The summed E-state index contributed by atoms with van der Waals surface area (Å²) < 4.78 is 66.9. The van der Waals surface area contributed by atoms with E-state index in [1.54, 1.807) is 25.1 Å². The average Bonchev–Trinajstić information content (AvgIpc) is 2.46. The van der Waals surface area contributed by atoms with Gasteiger partial charge in [0.1, 0.15) is 5.75 Å². The SMILES string of the molecule is CCN(c1cccc(C)c1)S(=O)(=O)c1ccc(OC(F)(F)F)cc1. The Hall–Kier alpha value is -2.22. The molecule has 0 fully saturated rings. The van der Waals surface area contributed by atoms with Crippen LogP contribution in [0, 0.1) is 6.92 Å². The van der Waals surface area contributed by atoms with Crippen LogP contribution in [-0.2, 0) is 10.0 Å². The summed E-state index contributed by atoms with van der Waals surface area (Å²) in [6.45, 7) is 3.71. The highest BCUT2D eigenvalue weighted by Crippen LogP contribution is 2.27. The number of ether oxygens (including phenoxy) is 1. The van der Waals surface area contributed by atoms with Crippen molar-refractivity contribution in [3.05, 3.63) is 54.1 Å². The van der Waals surface area contributed by atoms with Gasteiger partial charge in [-0.1, -0.05) is 12.1 Å². The number of alkyl halides is 3. The summed E-state index contributed by atoms with van der Waals surface area (Å²) in [6.07, 6.45) is -4.82. The Kier molecular flexibility index (Phi) is 5.08. The van der Waals surface area contributed by atoms with E-state index in [4.69, 9.17) is 0 Å². The second-order valence-corrected chi connectivity index (χ2v) is 6.89. The molecule has 0 amide bonds. The molecular weight excluding hydrogens is 343 g/mol. The molecule has 0 aliphatic rings. The van der Waals surface area contributed by atoms with Gasteiger partial charge >= 0.3 is 6.36 Å². The minimum atomic E-state index is -4.82. The molecule has 0 aromatic heterocycles. The quantitative estimate of drug-likeness (QED) is 0.807. The van der Waals surface area contributed by atoms with E-state index in [0.717, 1.165) is 29.8 Å². The first-order valence-corrected chi connectivity index (χ1v) is 8.52. The minimum absolute atomic E-state index is 0.111. The molecular formula is C16H16F3NO3S. The molecule has 130 valence electrons. The van der Waals surface area contributed by atoms with E-state index < -0.39 is 22.1 Å². The first kappa shape index (κ1) is 18.1. The molecule has 0 bridgehead atoms. The van der Waals surface area contributed by atoms with Crippen molar-refractivity contribution in [1.29, 1.82) is 0 Å². The van der Waals surface area contributed by atoms with Crippen LogP contribution in [0.15, 0.2) is 53.4 Å². The number of hydrogen-bond donors (Lipinski definition) is 0. The average molecular weight is 359 g/mol. The number of benzene rings is 2.